The number of carbonyl (C=O) groups is 3. The summed E-state index contributed by atoms with van der Waals surface area (Å²) >= 11 is 10.9. The minimum absolute atomic E-state index is 0.00357. The normalized spacial score (nSPS) is 11.9. The van der Waals surface area contributed by atoms with Crippen molar-refractivity contribution in [3.8, 4) is 6.07 Å². The molecular formula is C67H58Br2F9I2N9O10S. The fraction of sp³-hybridized carbons (Fsp3) is 0.194. The molecule has 9 aromatic rings. The number of fused-ring (bicyclic) bond motifs is 1. The lowest BCUT2D eigenvalue weighted by Gasteiger charge is -2.16. The molecule has 2 heterocycles. The van der Waals surface area contributed by atoms with E-state index >= 15 is 4.39 Å². The van der Waals surface area contributed by atoms with Crippen LogP contribution in [-0.4, -0.2) is 103 Å². The number of benzene rings is 7. The van der Waals surface area contributed by atoms with E-state index in [0.717, 1.165) is 27.5 Å². The number of amides is 2. The fourth-order valence-electron chi connectivity index (χ4n) is 8.79. The highest BCUT2D eigenvalue weighted by atomic mass is 127. The van der Waals surface area contributed by atoms with Gasteiger partial charge in [0.25, 0.3) is 11.8 Å². The zero-order valence-electron chi connectivity index (χ0n) is 51.8. The number of allylic oxidation sites excluding steroid dienone is 1. The number of aryl methyl sites for hydroxylation is 1. The second-order valence-corrected chi connectivity index (χ2v) is 26.3. The quantitative estimate of drug-likeness (QED) is 0.00327. The Morgan fingerprint density at radius 2 is 1.36 bits per heavy atom. The highest BCUT2D eigenvalue weighted by Gasteiger charge is 2.35. The largest absolute Gasteiger partial charge is 0.417 e. The first kappa shape index (κ1) is 81.2. The first-order valence-corrected chi connectivity index (χ1v) is 33.5. The molecule has 2 atom stereocenters. The Morgan fingerprint density at radius 1 is 0.730 bits per heavy atom. The van der Waals surface area contributed by atoms with Crippen molar-refractivity contribution in [2.24, 2.45) is 12.8 Å². The number of alkyl halides is 3. The van der Waals surface area contributed by atoms with Gasteiger partial charge in [0.05, 0.1) is 87.5 Å². The van der Waals surface area contributed by atoms with Crippen molar-refractivity contribution in [1.82, 2.24) is 25.5 Å². The van der Waals surface area contributed by atoms with Crippen LogP contribution in [0.15, 0.2) is 159 Å². The number of nitrogens with two attached hydrogens (primary N) is 2. The van der Waals surface area contributed by atoms with Crippen molar-refractivity contribution in [2.45, 2.75) is 49.0 Å². The summed E-state index contributed by atoms with van der Waals surface area (Å²) in [6.45, 7) is -1.79. The molecule has 0 aliphatic rings. The smallest absolute Gasteiger partial charge is 0.399 e. The lowest BCUT2D eigenvalue weighted by atomic mass is 9.96. The summed E-state index contributed by atoms with van der Waals surface area (Å²) in [6, 6.07) is 30.8. The second kappa shape index (κ2) is 38.9. The molecule has 0 aliphatic heterocycles. The molecule has 0 radical (unpaired) electrons. The zero-order valence-corrected chi connectivity index (χ0v) is 60.1. The number of rotatable bonds is 23. The van der Waals surface area contributed by atoms with Crippen molar-refractivity contribution in [2.75, 3.05) is 44.1 Å². The van der Waals surface area contributed by atoms with E-state index in [1.54, 1.807) is 66.3 Å². The number of imidazole rings is 1. The van der Waals surface area contributed by atoms with Crippen LogP contribution in [0.5, 0.6) is 0 Å². The Balaban J connectivity index is 0.000000211. The molecule has 0 unspecified atom stereocenters. The fourth-order valence-corrected chi connectivity index (χ4v) is 11.2. The Morgan fingerprint density at radius 3 is 2.00 bits per heavy atom. The summed E-state index contributed by atoms with van der Waals surface area (Å²) in [7, 11) is 1.67. The minimum atomic E-state index is -4.56. The number of halogens is 13. The van der Waals surface area contributed by atoms with E-state index in [2.05, 4.69) is 52.6 Å². The van der Waals surface area contributed by atoms with Crippen LogP contribution in [-0.2, 0) is 35.7 Å². The summed E-state index contributed by atoms with van der Waals surface area (Å²) < 4.78 is 128. The molecule has 0 aliphatic carbocycles. The summed E-state index contributed by atoms with van der Waals surface area (Å²) in [5, 5.41) is 56.4. The number of aliphatic hydroxyl groups is 5. The number of ketones is 1. The molecule has 0 saturated heterocycles. The first-order chi connectivity index (χ1) is 47.5. The molecular weight excluding hydrogens is 1710 g/mol. The number of thioether (sulfide) groups is 1. The van der Waals surface area contributed by atoms with Gasteiger partial charge in [-0.1, -0.05) is 58.0 Å². The monoisotopic (exact) mass is 1760 g/mol. The third-order valence-corrected chi connectivity index (χ3v) is 17.1. The molecule has 0 fully saturated rings. The lowest BCUT2D eigenvalue weighted by molar-refractivity contribution is -0.137. The summed E-state index contributed by atoms with van der Waals surface area (Å²) in [4.78, 5) is 55.3. The van der Waals surface area contributed by atoms with Crippen molar-refractivity contribution in [3.63, 3.8) is 0 Å². The number of nitrogens with one attached hydrogen (secondary N) is 3. The first-order valence-electron chi connectivity index (χ1n) is 29.0. The average Bonchev–Trinajstić information content (AvgIpc) is 1.42. The Labute approximate surface area is 613 Å². The van der Waals surface area contributed by atoms with Gasteiger partial charge in [-0.15, -0.1) is 0 Å². The van der Waals surface area contributed by atoms with Gasteiger partial charge in [0.1, 0.15) is 41.7 Å². The van der Waals surface area contributed by atoms with Crippen LogP contribution in [0.25, 0.3) is 16.6 Å². The maximum Gasteiger partial charge on any atom is 0.417 e. The van der Waals surface area contributed by atoms with E-state index in [4.69, 9.17) is 36.5 Å². The molecule has 19 nitrogen and oxygen atoms in total. The molecule has 2 amide bonds. The highest BCUT2D eigenvalue weighted by molar-refractivity contribution is 14.1. The number of nitriles is 1. The van der Waals surface area contributed by atoms with Crippen LogP contribution < -0.4 is 27.7 Å². The third kappa shape index (κ3) is 23.1. The number of hydrogen-bond acceptors (Lipinski definition) is 17. The van der Waals surface area contributed by atoms with E-state index in [9.17, 15) is 65.0 Å². The average molecular weight is 1770 g/mol. The molecule has 33 heteroatoms. The molecule has 9 rings (SSSR count). The van der Waals surface area contributed by atoms with Crippen LogP contribution in [0.4, 0.5) is 56.6 Å². The van der Waals surface area contributed by atoms with Gasteiger partial charge in [-0.3, -0.25) is 29.0 Å². The third-order valence-electron chi connectivity index (χ3n) is 13.8. The van der Waals surface area contributed by atoms with E-state index < -0.39 is 83.7 Å². The number of hydroxylamine groups is 2. The van der Waals surface area contributed by atoms with Gasteiger partial charge in [-0.2, -0.15) is 18.4 Å². The lowest BCUT2D eigenvalue weighted by Crippen LogP contribution is -2.30. The summed E-state index contributed by atoms with van der Waals surface area (Å²) in [5.41, 5.74) is 16.0. The zero-order chi connectivity index (χ0) is 73.5. The number of aliphatic hydroxyl groups excluding tert-OH is 5. The van der Waals surface area contributed by atoms with Gasteiger partial charge >= 0.3 is 6.18 Å². The molecule has 100 heavy (non-hydrogen) atoms. The van der Waals surface area contributed by atoms with Crippen molar-refractivity contribution < 1.29 is 89.1 Å². The molecule has 528 valence electrons. The number of nitrogens with zero attached hydrogens (tertiary/aromatic N) is 4. The molecule has 12 N–H and O–H groups in total. The Kier molecular flexibility index (Phi) is 31.6. The van der Waals surface area contributed by atoms with Crippen molar-refractivity contribution in [1.29, 1.82) is 5.26 Å². The number of anilines is 3. The van der Waals surface area contributed by atoms with E-state index in [0.29, 0.717) is 40.8 Å². The van der Waals surface area contributed by atoms with Gasteiger partial charge in [0.2, 0.25) is 0 Å². The predicted molar refractivity (Wildman–Crippen MR) is 379 cm³/mol. The second-order valence-electron chi connectivity index (χ2n) is 20.9. The SMILES string of the molecule is Cn1cnc2c(F)c(Cc3ccc(Br)cc3F)c(C(=O)NOCCO)cc21.N#C/C(=C(/N)Sc1ccc(N)cc1)c1ccccc1C(F)(F)F.O=C(CC[C@H](O)CO)c1ccncc1Cc1ccc(I)cc1F.O=C(NOC[C@H](O)CO)c1cc(Br)c(F)c(F)c1Nc1ccc(I)cc1F. The number of Topliss-reactive ketones (excluding diaryl/α,β-unsaturated/α-hetero) is 1. The molecule has 2 aromatic heterocycles. The highest BCUT2D eigenvalue weighted by Crippen LogP contribution is 2.39. The molecule has 7 aromatic carbocycles. The van der Waals surface area contributed by atoms with Crippen molar-refractivity contribution >= 4 is 140 Å². The van der Waals surface area contributed by atoms with Gasteiger partial charge in [-0.05, 0) is 175 Å². The summed E-state index contributed by atoms with van der Waals surface area (Å²) in [6.07, 6.45) is -1.75. The topological polar surface area (TPSA) is 313 Å². The van der Waals surface area contributed by atoms with Gasteiger partial charge < -0.3 is 46.9 Å². The molecule has 0 bridgehead atoms. The van der Waals surface area contributed by atoms with E-state index in [-0.39, 0.29) is 111 Å². The van der Waals surface area contributed by atoms with Crippen LogP contribution >= 0.6 is 88.8 Å². The standard InChI is InChI=1S/C18H16BrF2N3O3.C17H17FINO3.C16H13BrF3IN2O4.C16H12F3N3S/c1-24-9-22-17-15(24)8-13(18(26)23-27-5-4-25)12(16(17)21)6-10-2-3-11(19)7-14(10)20;18-16-8-13(19)2-1-11(16)7-12-9-20-6-5-15(12)17(23)4-3-14(22)10-21;17-10-4-9(16(26)23-27-6-8(25)5-24)15(14(20)13(10)19)22-12-2-1-7(21)3-11(12)18;17-16(18,19)14-4-2-1-3-12(14)13(9-20)15(22)23-11-7-5-10(21)6-8-11/h2-3,7-9,25H,4-6H2,1H3,(H,23,26);1-2,5-6,8-9,14,21-22H,3-4,7,10H2;1-4,8,22,24-25H,5-6H2,(H,23,26);1-8H,21-22H2/b;;;15-13+/t;14-;8-;/m.01./s1. The molecule has 0 spiro atoms. The van der Waals surface area contributed by atoms with Gasteiger partial charge in [0, 0.05) is 77.6 Å². The Bertz CT molecular complexity index is 4450. The van der Waals surface area contributed by atoms with Crippen LogP contribution in [0, 0.1) is 53.4 Å². The number of hydrogen-bond donors (Lipinski definition) is 10. The summed E-state index contributed by atoms with van der Waals surface area (Å²) in [5.74, 6) is -6.74. The van der Waals surface area contributed by atoms with E-state index in [1.165, 1.54) is 73.2 Å². The van der Waals surface area contributed by atoms with Crippen LogP contribution in [0.2, 0.25) is 0 Å². The Hall–Kier alpha value is -7.74. The number of nitrogen functional groups attached to an aromatic ring is 1. The van der Waals surface area contributed by atoms with Crippen LogP contribution in [0.3, 0.4) is 0 Å². The molecule has 0 saturated carbocycles. The number of pyridine rings is 1. The van der Waals surface area contributed by atoms with Gasteiger partial charge in [0.15, 0.2) is 23.2 Å². The minimum Gasteiger partial charge on any atom is -0.399 e. The van der Waals surface area contributed by atoms with E-state index in [1.807, 2.05) is 56.7 Å². The number of aromatic nitrogens is 3. The maximum atomic E-state index is 15.1. The van der Waals surface area contributed by atoms with Gasteiger partial charge in [-0.25, -0.2) is 42.3 Å². The van der Waals surface area contributed by atoms with Crippen molar-refractivity contribution in [3.05, 3.63) is 246 Å². The van der Waals surface area contributed by atoms with Crippen LogP contribution in [0.1, 0.15) is 77.3 Å². The predicted octanol–water partition coefficient (Wildman–Crippen LogP) is 13.1. The number of carbonyl (C=O) groups excluding carboxylic acids is 3. The maximum absolute atomic E-state index is 15.1.